The van der Waals surface area contributed by atoms with E-state index in [2.05, 4.69) is 16.7 Å². The fraction of sp³-hybridized carbons (Fsp3) is 0.619. The second-order valence-electron chi connectivity index (χ2n) is 8.25. The predicted octanol–water partition coefficient (Wildman–Crippen LogP) is 3.47. The Morgan fingerprint density at radius 3 is 2.52 bits per heavy atom. The van der Waals surface area contributed by atoms with Crippen LogP contribution in [0.3, 0.4) is 0 Å². The van der Waals surface area contributed by atoms with Crippen molar-refractivity contribution in [3.8, 4) is 6.07 Å². The molecule has 2 fully saturated rings. The van der Waals surface area contributed by atoms with E-state index < -0.39 is 17.5 Å². The van der Waals surface area contributed by atoms with Crippen molar-refractivity contribution < 1.29 is 14.4 Å². The van der Waals surface area contributed by atoms with Crippen LogP contribution in [0.25, 0.3) is 0 Å². The first-order valence-corrected chi connectivity index (χ1v) is 11.3. The van der Waals surface area contributed by atoms with Gasteiger partial charge in [-0.1, -0.05) is 32.1 Å². The Kier molecular flexibility index (Phi) is 5.59. The summed E-state index contributed by atoms with van der Waals surface area (Å²) in [6, 6.07) is 1.75. The van der Waals surface area contributed by atoms with Gasteiger partial charge in [0.1, 0.15) is 23.2 Å². The van der Waals surface area contributed by atoms with Gasteiger partial charge in [0, 0.05) is 4.88 Å². The highest BCUT2D eigenvalue weighted by molar-refractivity contribution is 7.16. The van der Waals surface area contributed by atoms with E-state index in [1.54, 1.807) is 0 Å². The number of carbonyl (C=O) groups is 3. The maximum Gasteiger partial charge on any atom is 0.325 e. The smallest absolute Gasteiger partial charge is 0.323 e. The van der Waals surface area contributed by atoms with E-state index in [1.165, 1.54) is 16.2 Å². The van der Waals surface area contributed by atoms with Gasteiger partial charge < -0.3 is 10.6 Å². The molecule has 1 aromatic rings. The van der Waals surface area contributed by atoms with Crippen LogP contribution < -0.4 is 10.6 Å². The van der Waals surface area contributed by atoms with E-state index in [4.69, 9.17) is 0 Å². The zero-order chi connectivity index (χ0) is 20.4. The highest BCUT2D eigenvalue weighted by Crippen LogP contribution is 2.37. The third kappa shape index (κ3) is 3.76. The number of aryl methyl sites for hydroxylation is 1. The Labute approximate surface area is 174 Å². The van der Waals surface area contributed by atoms with E-state index in [0.717, 1.165) is 68.3 Å². The average molecular weight is 415 g/mol. The van der Waals surface area contributed by atoms with Crippen LogP contribution in [-0.4, -0.2) is 34.8 Å². The van der Waals surface area contributed by atoms with Gasteiger partial charge in [-0.05, 0) is 44.1 Å². The number of thiophene rings is 1. The summed E-state index contributed by atoms with van der Waals surface area (Å²) in [5.74, 6) is -0.728. The Morgan fingerprint density at radius 1 is 1.10 bits per heavy atom. The van der Waals surface area contributed by atoms with E-state index in [9.17, 15) is 19.6 Å². The number of rotatable bonds is 3. The molecule has 1 saturated heterocycles. The number of amides is 4. The van der Waals surface area contributed by atoms with E-state index >= 15 is 0 Å². The van der Waals surface area contributed by atoms with E-state index in [-0.39, 0.29) is 12.5 Å². The molecule has 29 heavy (non-hydrogen) atoms. The van der Waals surface area contributed by atoms with E-state index in [1.807, 2.05) is 0 Å². The Morgan fingerprint density at radius 2 is 1.79 bits per heavy atom. The molecule has 2 N–H and O–H groups in total. The van der Waals surface area contributed by atoms with Crippen molar-refractivity contribution >= 4 is 34.2 Å². The fourth-order valence-corrected chi connectivity index (χ4v) is 6.01. The molecule has 2 aliphatic carbocycles. The van der Waals surface area contributed by atoms with Crippen LogP contribution in [0.5, 0.6) is 0 Å². The van der Waals surface area contributed by atoms with Gasteiger partial charge in [-0.3, -0.25) is 14.5 Å². The molecule has 1 aliphatic heterocycles. The molecule has 1 aromatic heterocycles. The number of nitriles is 1. The van der Waals surface area contributed by atoms with Crippen LogP contribution in [0.1, 0.15) is 73.8 Å². The van der Waals surface area contributed by atoms with Gasteiger partial charge in [0.15, 0.2) is 0 Å². The molecular weight excluding hydrogens is 388 g/mol. The van der Waals surface area contributed by atoms with Gasteiger partial charge in [0.05, 0.1) is 5.56 Å². The maximum absolute atomic E-state index is 13.0. The van der Waals surface area contributed by atoms with Gasteiger partial charge >= 0.3 is 6.03 Å². The Balaban J connectivity index is 1.47. The largest absolute Gasteiger partial charge is 0.325 e. The van der Waals surface area contributed by atoms with Crippen LogP contribution in [0.2, 0.25) is 0 Å². The topological polar surface area (TPSA) is 102 Å². The molecule has 4 rings (SSSR count). The molecule has 154 valence electrons. The summed E-state index contributed by atoms with van der Waals surface area (Å²) in [7, 11) is 0. The minimum atomic E-state index is -0.841. The summed E-state index contributed by atoms with van der Waals surface area (Å²) in [5, 5.41) is 15.8. The minimum absolute atomic E-state index is 0.290. The molecule has 0 unspecified atom stereocenters. The highest BCUT2D eigenvalue weighted by Gasteiger charge is 2.51. The summed E-state index contributed by atoms with van der Waals surface area (Å²) < 4.78 is 0. The number of urea groups is 1. The number of carbonyl (C=O) groups excluding carboxylic acids is 3. The monoisotopic (exact) mass is 414 g/mol. The number of hydrogen-bond acceptors (Lipinski definition) is 5. The molecule has 2 heterocycles. The molecular formula is C21H26N4O3S. The number of nitrogens with zero attached hydrogens (tertiary/aromatic N) is 2. The van der Waals surface area contributed by atoms with Crippen LogP contribution in [-0.2, 0) is 22.4 Å². The summed E-state index contributed by atoms with van der Waals surface area (Å²) in [4.78, 5) is 40.3. The van der Waals surface area contributed by atoms with Crippen molar-refractivity contribution in [2.45, 2.75) is 76.2 Å². The van der Waals surface area contributed by atoms with Crippen molar-refractivity contribution in [3.63, 3.8) is 0 Å². The molecule has 0 atom stereocenters. The lowest BCUT2D eigenvalue weighted by Gasteiger charge is -2.24. The maximum atomic E-state index is 13.0. The number of imide groups is 1. The van der Waals surface area contributed by atoms with Crippen molar-refractivity contribution in [2.75, 3.05) is 11.9 Å². The predicted molar refractivity (Wildman–Crippen MR) is 110 cm³/mol. The zero-order valence-corrected chi connectivity index (χ0v) is 17.3. The Hall–Kier alpha value is -2.40. The first-order chi connectivity index (χ1) is 14.0. The molecule has 7 nitrogen and oxygen atoms in total. The summed E-state index contributed by atoms with van der Waals surface area (Å²) in [6.07, 6.45) is 10.3. The number of anilines is 1. The highest BCUT2D eigenvalue weighted by atomic mass is 32.1. The van der Waals surface area contributed by atoms with Crippen molar-refractivity contribution in [1.29, 1.82) is 5.26 Å². The summed E-state index contributed by atoms with van der Waals surface area (Å²) >= 11 is 1.45. The first-order valence-electron chi connectivity index (χ1n) is 10.5. The first kappa shape index (κ1) is 19.9. The third-order valence-corrected chi connectivity index (χ3v) is 7.50. The van der Waals surface area contributed by atoms with Crippen LogP contribution in [0, 0.1) is 11.3 Å². The lowest BCUT2D eigenvalue weighted by molar-refractivity contribution is -0.134. The molecule has 3 aliphatic rings. The van der Waals surface area contributed by atoms with Gasteiger partial charge in [0.2, 0.25) is 5.91 Å². The third-order valence-electron chi connectivity index (χ3n) is 6.29. The Bertz CT molecular complexity index is 877. The SMILES string of the molecule is N#Cc1c(NC(=O)CN2C(=O)NC3(CCCCCC3)C2=O)sc2c1CCCCC2. The van der Waals surface area contributed by atoms with Gasteiger partial charge in [-0.15, -0.1) is 11.3 Å². The number of fused-ring (bicyclic) bond motifs is 1. The fourth-order valence-electron chi connectivity index (χ4n) is 4.75. The molecule has 4 amide bonds. The quantitative estimate of drug-likeness (QED) is 0.584. The molecule has 0 aromatic carbocycles. The van der Waals surface area contributed by atoms with Crippen molar-refractivity contribution in [3.05, 3.63) is 16.0 Å². The van der Waals surface area contributed by atoms with Crippen LogP contribution in [0.15, 0.2) is 0 Å². The van der Waals surface area contributed by atoms with Crippen LogP contribution in [0.4, 0.5) is 9.80 Å². The standard InChI is InChI=1S/C21H26N4O3S/c22-12-15-14-8-4-3-5-9-16(14)29-18(15)23-17(26)13-25-19(27)21(24-20(25)28)10-6-1-2-7-11-21/h1-11,13H2,(H,23,26)(H,24,28). The molecule has 0 bridgehead atoms. The second kappa shape index (κ2) is 8.15. The summed E-state index contributed by atoms with van der Waals surface area (Å²) in [6.45, 7) is -0.320. The van der Waals surface area contributed by atoms with Gasteiger partial charge in [-0.2, -0.15) is 5.26 Å². The van der Waals surface area contributed by atoms with Gasteiger partial charge in [-0.25, -0.2) is 4.79 Å². The summed E-state index contributed by atoms with van der Waals surface area (Å²) in [5.41, 5.74) is 0.752. The lowest BCUT2D eigenvalue weighted by Crippen LogP contribution is -2.47. The van der Waals surface area contributed by atoms with Crippen LogP contribution >= 0.6 is 11.3 Å². The molecule has 1 saturated carbocycles. The molecule has 8 heteroatoms. The van der Waals surface area contributed by atoms with E-state index in [0.29, 0.717) is 23.4 Å². The normalized spacial score (nSPS) is 21.1. The second-order valence-corrected chi connectivity index (χ2v) is 9.35. The molecule has 0 radical (unpaired) electrons. The number of hydrogen-bond donors (Lipinski definition) is 2. The average Bonchev–Trinajstić information content (AvgIpc) is 2.94. The van der Waals surface area contributed by atoms with Gasteiger partial charge in [0.25, 0.3) is 5.91 Å². The van der Waals surface area contributed by atoms with Crippen molar-refractivity contribution in [1.82, 2.24) is 10.2 Å². The number of nitrogens with one attached hydrogen (secondary N) is 2. The minimum Gasteiger partial charge on any atom is -0.323 e. The zero-order valence-electron chi connectivity index (χ0n) is 16.5. The lowest BCUT2D eigenvalue weighted by atomic mass is 9.90. The van der Waals surface area contributed by atoms with Crippen molar-refractivity contribution in [2.24, 2.45) is 0 Å². The molecule has 1 spiro atoms.